The number of amides is 2. The van der Waals surface area contributed by atoms with E-state index in [0.717, 1.165) is 22.3 Å². The van der Waals surface area contributed by atoms with E-state index in [2.05, 4.69) is 29.6 Å². The Morgan fingerprint density at radius 2 is 1.69 bits per heavy atom. The maximum absolute atomic E-state index is 13.1. The highest BCUT2D eigenvalue weighted by Crippen LogP contribution is 2.44. The van der Waals surface area contributed by atoms with Crippen molar-refractivity contribution in [3.63, 3.8) is 0 Å². The fraction of sp³-hybridized carbons (Fsp3) is 0.464. The third-order valence-corrected chi connectivity index (χ3v) is 7.62. The highest BCUT2D eigenvalue weighted by Gasteiger charge is 2.48. The number of benzene rings is 2. The summed E-state index contributed by atoms with van der Waals surface area (Å²) in [6.07, 6.45) is 0.950. The fourth-order valence-electron chi connectivity index (χ4n) is 5.53. The molecule has 186 valence electrons. The van der Waals surface area contributed by atoms with Crippen LogP contribution in [0.3, 0.4) is 0 Å². The Balaban J connectivity index is 1.40. The lowest BCUT2D eigenvalue weighted by Crippen LogP contribution is -2.54. The van der Waals surface area contributed by atoms with E-state index in [0.29, 0.717) is 25.8 Å². The van der Waals surface area contributed by atoms with Crippen molar-refractivity contribution in [2.24, 2.45) is 5.92 Å². The first kappa shape index (κ1) is 24.8. The number of ether oxygens (including phenoxy) is 1. The predicted octanol–water partition coefficient (Wildman–Crippen LogP) is 4.80. The molecule has 2 aromatic rings. The number of hydrogen-bond acceptors (Lipinski definition) is 4. The number of carbonyl (C=O) groups is 3. The number of aliphatic carboxylic acids is 1. The van der Waals surface area contributed by atoms with Gasteiger partial charge < -0.3 is 20.1 Å². The Bertz CT molecular complexity index is 1070. The summed E-state index contributed by atoms with van der Waals surface area (Å²) in [6.45, 7) is 6.28. The van der Waals surface area contributed by atoms with E-state index in [9.17, 15) is 19.5 Å². The number of rotatable bonds is 8. The normalized spacial score (nSPS) is 19.8. The molecule has 2 amide bonds. The van der Waals surface area contributed by atoms with Gasteiger partial charge in [0.05, 0.1) is 0 Å². The monoisotopic (exact) mass is 478 g/mol. The zero-order chi connectivity index (χ0) is 25.2. The van der Waals surface area contributed by atoms with Crippen molar-refractivity contribution in [3.05, 3.63) is 59.7 Å². The number of fused-ring (bicyclic) bond motifs is 3. The Morgan fingerprint density at radius 1 is 1.09 bits per heavy atom. The van der Waals surface area contributed by atoms with Crippen molar-refractivity contribution in [1.29, 1.82) is 0 Å². The third-order valence-electron chi connectivity index (χ3n) is 7.62. The summed E-state index contributed by atoms with van der Waals surface area (Å²) in [5.74, 6) is -1.28. The van der Waals surface area contributed by atoms with Gasteiger partial charge in [-0.25, -0.2) is 9.59 Å². The summed E-state index contributed by atoms with van der Waals surface area (Å²) >= 11 is 0. The smallest absolute Gasteiger partial charge is 0.407 e. The van der Waals surface area contributed by atoms with Crippen LogP contribution < -0.4 is 5.32 Å². The molecular formula is C28H34N2O5. The van der Waals surface area contributed by atoms with Crippen LogP contribution in [0.1, 0.15) is 63.5 Å². The van der Waals surface area contributed by atoms with Crippen LogP contribution in [0.5, 0.6) is 0 Å². The number of carbonyl (C=O) groups excluding carboxylic acids is 2. The second-order valence-electron chi connectivity index (χ2n) is 9.86. The van der Waals surface area contributed by atoms with Crippen molar-refractivity contribution in [2.75, 3.05) is 13.2 Å². The van der Waals surface area contributed by atoms with Gasteiger partial charge in [-0.3, -0.25) is 4.79 Å². The van der Waals surface area contributed by atoms with Crippen molar-refractivity contribution in [2.45, 2.75) is 64.0 Å². The lowest BCUT2D eigenvalue weighted by atomic mass is 9.92. The molecule has 2 N–H and O–H groups in total. The SMILES string of the molecule is CCC1(C(=O)O)CCCN1C(=O)C[C@H](NC(=O)OCC1c2ccccc2-c2ccccc21)C(C)C. The maximum atomic E-state index is 13.1. The number of carboxylic acids is 1. The van der Waals surface area contributed by atoms with Crippen molar-refractivity contribution in [3.8, 4) is 11.1 Å². The highest BCUT2D eigenvalue weighted by atomic mass is 16.5. The maximum Gasteiger partial charge on any atom is 0.407 e. The molecule has 0 bridgehead atoms. The molecule has 1 heterocycles. The van der Waals surface area contributed by atoms with Gasteiger partial charge in [-0.2, -0.15) is 0 Å². The summed E-state index contributed by atoms with van der Waals surface area (Å²) in [4.78, 5) is 39.4. The van der Waals surface area contributed by atoms with E-state index in [1.54, 1.807) is 6.92 Å². The first-order valence-electron chi connectivity index (χ1n) is 12.4. The molecular weight excluding hydrogens is 444 g/mol. The second kappa shape index (κ2) is 10.1. The van der Waals surface area contributed by atoms with Gasteiger partial charge in [-0.1, -0.05) is 69.3 Å². The van der Waals surface area contributed by atoms with E-state index in [4.69, 9.17) is 4.74 Å². The minimum atomic E-state index is -1.15. The number of likely N-dealkylation sites (tertiary alicyclic amines) is 1. The number of nitrogens with zero attached hydrogens (tertiary/aromatic N) is 1. The number of hydrogen-bond donors (Lipinski definition) is 2. The molecule has 0 spiro atoms. The molecule has 1 aliphatic heterocycles. The number of carboxylic acid groups (broad SMARTS) is 1. The van der Waals surface area contributed by atoms with Crippen LogP contribution in [0.4, 0.5) is 4.79 Å². The van der Waals surface area contributed by atoms with Gasteiger partial charge in [0.25, 0.3) is 0 Å². The molecule has 1 fully saturated rings. The van der Waals surface area contributed by atoms with Gasteiger partial charge in [0.15, 0.2) is 0 Å². The summed E-state index contributed by atoms with van der Waals surface area (Å²) in [5.41, 5.74) is 3.44. The molecule has 2 aliphatic rings. The summed E-state index contributed by atoms with van der Waals surface area (Å²) < 4.78 is 5.66. The molecule has 4 rings (SSSR count). The molecule has 0 saturated carbocycles. The molecule has 2 atom stereocenters. The van der Waals surface area contributed by atoms with Gasteiger partial charge in [0, 0.05) is 24.9 Å². The van der Waals surface area contributed by atoms with E-state index in [1.165, 1.54) is 4.90 Å². The van der Waals surface area contributed by atoms with Crippen LogP contribution in [-0.2, 0) is 14.3 Å². The van der Waals surface area contributed by atoms with Gasteiger partial charge in [0.2, 0.25) is 5.91 Å². The third kappa shape index (κ3) is 4.64. The number of alkyl carbamates (subject to hydrolysis) is 1. The van der Waals surface area contributed by atoms with Crippen LogP contribution in [0.15, 0.2) is 48.5 Å². The molecule has 2 aromatic carbocycles. The van der Waals surface area contributed by atoms with Gasteiger partial charge in [-0.05, 0) is 47.4 Å². The largest absolute Gasteiger partial charge is 0.479 e. The minimum absolute atomic E-state index is 0.0251. The molecule has 35 heavy (non-hydrogen) atoms. The van der Waals surface area contributed by atoms with Crippen LogP contribution in [0.25, 0.3) is 11.1 Å². The average Bonchev–Trinajstić information content (AvgIpc) is 3.43. The molecule has 0 aromatic heterocycles. The van der Waals surface area contributed by atoms with Gasteiger partial charge >= 0.3 is 12.1 Å². The molecule has 0 radical (unpaired) electrons. The Kier molecular flexibility index (Phi) is 7.15. The Hall–Kier alpha value is -3.35. The molecule has 1 unspecified atom stereocenters. The lowest BCUT2D eigenvalue weighted by Gasteiger charge is -2.35. The van der Waals surface area contributed by atoms with E-state index >= 15 is 0 Å². The Labute approximate surface area is 206 Å². The van der Waals surface area contributed by atoms with E-state index in [-0.39, 0.29) is 30.8 Å². The topological polar surface area (TPSA) is 95.9 Å². The van der Waals surface area contributed by atoms with E-state index in [1.807, 2.05) is 38.1 Å². The summed E-state index contributed by atoms with van der Waals surface area (Å²) in [6, 6.07) is 15.8. The zero-order valence-corrected chi connectivity index (χ0v) is 20.6. The average molecular weight is 479 g/mol. The number of nitrogens with one attached hydrogen (secondary N) is 1. The lowest BCUT2D eigenvalue weighted by molar-refractivity contribution is -0.157. The van der Waals surface area contributed by atoms with Gasteiger partial charge in [0.1, 0.15) is 12.1 Å². The predicted molar refractivity (Wildman–Crippen MR) is 133 cm³/mol. The van der Waals surface area contributed by atoms with Crippen LogP contribution in [0.2, 0.25) is 0 Å². The van der Waals surface area contributed by atoms with Crippen LogP contribution in [0, 0.1) is 5.92 Å². The fourth-order valence-corrected chi connectivity index (χ4v) is 5.53. The van der Waals surface area contributed by atoms with Gasteiger partial charge in [-0.15, -0.1) is 0 Å². The van der Waals surface area contributed by atoms with Crippen molar-refractivity contribution in [1.82, 2.24) is 10.2 Å². The minimum Gasteiger partial charge on any atom is -0.479 e. The quantitative estimate of drug-likeness (QED) is 0.568. The highest BCUT2D eigenvalue weighted by molar-refractivity contribution is 5.88. The second-order valence-corrected chi connectivity index (χ2v) is 9.86. The molecule has 7 nitrogen and oxygen atoms in total. The standard InChI is InChI=1S/C28H34N2O5/c1-4-28(26(32)33)14-9-15-30(28)25(31)16-24(18(2)3)29-27(34)35-17-23-21-12-7-5-10-19(21)20-11-6-8-13-22(20)23/h5-8,10-13,18,23-24H,4,9,14-17H2,1-3H3,(H,29,34)(H,32,33)/t24-,28?/m0/s1. The molecule has 1 saturated heterocycles. The van der Waals surface area contributed by atoms with Crippen LogP contribution >= 0.6 is 0 Å². The van der Waals surface area contributed by atoms with Crippen LogP contribution in [-0.4, -0.2) is 52.7 Å². The first-order chi connectivity index (χ1) is 16.8. The van der Waals surface area contributed by atoms with E-state index < -0.39 is 23.6 Å². The molecule has 7 heteroatoms. The zero-order valence-electron chi connectivity index (χ0n) is 20.6. The van der Waals surface area contributed by atoms with Crippen molar-refractivity contribution >= 4 is 18.0 Å². The molecule has 1 aliphatic carbocycles. The Morgan fingerprint density at radius 3 is 2.23 bits per heavy atom. The summed E-state index contributed by atoms with van der Waals surface area (Å²) in [7, 11) is 0. The summed E-state index contributed by atoms with van der Waals surface area (Å²) in [5, 5.41) is 12.7. The van der Waals surface area contributed by atoms with Crippen molar-refractivity contribution < 1.29 is 24.2 Å². The first-order valence-corrected chi connectivity index (χ1v) is 12.4.